The second-order valence-corrected chi connectivity index (χ2v) is 4.50. The molecule has 2 rings (SSSR count). The SMILES string of the molecule is Cc1cc(C(=O)O)nc(NC2CCCCC2)n1. The van der Waals surface area contributed by atoms with Crippen molar-refractivity contribution in [1.29, 1.82) is 0 Å². The van der Waals surface area contributed by atoms with Gasteiger partial charge in [0.25, 0.3) is 0 Å². The largest absolute Gasteiger partial charge is 0.477 e. The Balaban J connectivity index is 2.11. The highest BCUT2D eigenvalue weighted by Gasteiger charge is 2.15. The summed E-state index contributed by atoms with van der Waals surface area (Å²) in [5, 5.41) is 12.2. The Labute approximate surface area is 100 Å². The van der Waals surface area contributed by atoms with E-state index in [0.717, 1.165) is 12.8 Å². The van der Waals surface area contributed by atoms with Gasteiger partial charge in [-0.1, -0.05) is 19.3 Å². The minimum Gasteiger partial charge on any atom is -0.477 e. The summed E-state index contributed by atoms with van der Waals surface area (Å²) in [6, 6.07) is 1.86. The van der Waals surface area contributed by atoms with Crippen molar-refractivity contribution >= 4 is 11.9 Å². The number of hydrogen-bond acceptors (Lipinski definition) is 4. The summed E-state index contributed by atoms with van der Waals surface area (Å²) in [7, 11) is 0. The number of rotatable bonds is 3. The molecule has 5 nitrogen and oxygen atoms in total. The zero-order valence-electron chi connectivity index (χ0n) is 9.94. The fraction of sp³-hybridized carbons (Fsp3) is 0.583. The number of nitrogens with zero attached hydrogens (tertiary/aromatic N) is 2. The third-order valence-corrected chi connectivity index (χ3v) is 3.01. The van der Waals surface area contributed by atoms with Gasteiger partial charge in [-0.3, -0.25) is 0 Å². The van der Waals surface area contributed by atoms with Gasteiger partial charge in [0.1, 0.15) is 0 Å². The lowest BCUT2D eigenvalue weighted by Crippen LogP contribution is -2.24. The lowest BCUT2D eigenvalue weighted by atomic mass is 9.96. The van der Waals surface area contributed by atoms with Crippen LogP contribution in [0.5, 0.6) is 0 Å². The maximum absolute atomic E-state index is 10.9. The molecule has 1 aliphatic carbocycles. The second-order valence-electron chi connectivity index (χ2n) is 4.50. The summed E-state index contributed by atoms with van der Waals surface area (Å²) in [4.78, 5) is 19.1. The van der Waals surface area contributed by atoms with Gasteiger partial charge in [-0.25, -0.2) is 14.8 Å². The van der Waals surface area contributed by atoms with Crippen LogP contribution in [0.15, 0.2) is 6.07 Å². The molecule has 1 saturated carbocycles. The van der Waals surface area contributed by atoms with E-state index in [1.807, 2.05) is 0 Å². The monoisotopic (exact) mass is 235 g/mol. The summed E-state index contributed by atoms with van der Waals surface area (Å²) < 4.78 is 0. The molecule has 0 aliphatic heterocycles. The minimum absolute atomic E-state index is 0.0517. The van der Waals surface area contributed by atoms with Gasteiger partial charge in [-0.05, 0) is 25.8 Å². The molecule has 5 heteroatoms. The molecule has 0 atom stereocenters. The Morgan fingerprint density at radius 3 is 2.71 bits per heavy atom. The second kappa shape index (κ2) is 5.12. The van der Waals surface area contributed by atoms with Crippen LogP contribution in [0, 0.1) is 6.92 Å². The van der Waals surface area contributed by atoms with Crippen molar-refractivity contribution in [2.75, 3.05) is 5.32 Å². The maximum Gasteiger partial charge on any atom is 0.354 e. The molecule has 0 bridgehead atoms. The molecule has 0 spiro atoms. The molecule has 1 heterocycles. The fourth-order valence-corrected chi connectivity index (χ4v) is 2.17. The van der Waals surface area contributed by atoms with E-state index in [4.69, 9.17) is 5.11 Å². The van der Waals surface area contributed by atoms with Crippen LogP contribution in [0.2, 0.25) is 0 Å². The van der Waals surface area contributed by atoms with Crippen molar-refractivity contribution in [3.05, 3.63) is 17.5 Å². The number of aromatic carboxylic acids is 1. The van der Waals surface area contributed by atoms with Crippen LogP contribution < -0.4 is 5.32 Å². The van der Waals surface area contributed by atoms with Crippen molar-refractivity contribution in [2.24, 2.45) is 0 Å². The van der Waals surface area contributed by atoms with Gasteiger partial charge in [0.15, 0.2) is 5.69 Å². The Morgan fingerprint density at radius 1 is 1.35 bits per heavy atom. The van der Waals surface area contributed by atoms with Crippen molar-refractivity contribution in [3.8, 4) is 0 Å². The van der Waals surface area contributed by atoms with Crippen LogP contribution in [0.25, 0.3) is 0 Å². The molecule has 1 fully saturated rings. The first-order valence-electron chi connectivity index (χ1n) is 6.00. The Kier molecular flexibility index (Phi) is 3.56. The van der Waals surface area contributed by atoms with Gasteiger partial charge < -0.3 is 10.4 Å². The van der Waals surface area contributed by atoms with E-state index in [2.05, 4.69) is 15.3 Å². The van der Waals surface area contributed by atoms with Gasteiger partial charge in [0.2, 0.25) is 5.95 Å². The van der Waals surface area contributed by atoms with Crippen LogP contribution >= 0.6 is 0 Å². The van der Waals surface area contributed by atoms with Gasteiger partial charge in [-0.2, -0.15) is 0 Å². The van der Waals surface area contributed by atoms with Crippen LogP contribution in [0.4, 0.5) is 5.95 Å². The molecule has 92 valence electrons. The van der Waals surface area contributed by atoms with E-state index < -0.39 is 5.97 Å². The third-order valence-electron chi connectivity index (χ3n) is 3.01. The molecule has 0 radical (unpaired) electrons. The highest BCUT2D eigenvalue weighted by atomic mass is 16.4. The number of anilines is 1. The topological polar surface area (TPSA) is 75.1 Å². The Morgan fingerprint density at radius 2 is 2.06 bits per heavy atom. The number of carboxylic acids is 1. The summed E-state index contributed by atoms with van der Waals surface area (Å²) in [5.41, 5.74) is 0.728. The first-order chi connectivity index (χ1) is 8.15. The molecular formula is C12H17N3O2. The van der Waals surface area contributed by atoms with E-state index in [1.165, 1.54) is 25.3 Å². The lowest BCUT2D eigenvalue weighted by Gasteiger charge is -2.22. The molecule has 0 aromatic carbocycles. The fourth-order valence-electron chi connectivity index (χ4n) is 2.17. The Hall–Kier alpha value is -1.65. The predicted octanol–water partition coefficient (Wildman–Crippen LogP) is 2.23. The first kappa shape index (κ1) is 11.8. The Bertz CT molecular complexity index is 414. The van der Waals surface area contributed by atoms with E-state index in [-0.39, 0.29) is 5.69 Å². The zero-order valence-corrected chi connectivity index (χ0v) is 9.94. The molecule has 0 amide bonds. The van der Waals surface area contributed by atoms with Crippen LogP contribution in [0.1, 0.15) is 48.3 Å². The number of carboxylic acid groups (broad SMARTS) is 1. The summed E-state index contributed by atoms with van der Waals surface area (Å²) in [6.07, 6.45) is 5.94. The smallest absolute Gasteiger partial charge is 0.354 e. The number of carbonyl (C=O) groups is 1. The summed E-state index contributed by atoms with van der Waals surface area (Å²) in [6.45, 7) is 1.78. The van der Waals surface area contributed by atoms with E-state index in [0.29, 0.717) is 17.7 Å². The standard InChI is InChI=1S/C12H17N3O2/c1-8-7-10(11(16)17)15-12(13-8)14-9-5-3-2-4-6-9/h7,9H,2-6H2,1H3,(H,16,17)(H,13,14,15). The van der Waals surface area contributed by atoms with Gasteiger partial charge in [0.05, 0.1) is 0 Å². The number of nitrogens with one attached hydrogen (secondary N) is 1. The van der Waals surface area contributed by atoms with Crippen molar-refractivity contribution in [3.63, 3.8) is 0 Å². The molecule has 0 unspecified atom stereocenters. The lowest BCUT2D eigenvalue weighted by molar-refractivity contribution is 0.0690. The maximum atomic E-state index is 10.9. The van der Waals surface area contributed by atoms with Crippen molar-refractivity contribution in [1.82, 2.24) is 9.97 Å². The first-order valence-corrected chi connectivity index (χ1v) is 6.00. The normalized spacial score (nSPS) is 16.8. The van der Waals surface area contributed by atoms with Gasteiger partial charge in [0, 0.05) is 11.7 Å². The summed E-state index contributed by atoms with van der Waals surface area (Å²) in [5.74, 6) is -0.573. The van der Waals surface area contributed by atoms with E-state index >= 15 is 0 Å². The molecule has 0 saturated heterocycles. The molecule has 1 aromatic rings. The summed E-state index contributed by atoms with van der Waals surface area (Å²) >= 11 is 0. The van der Waals surface area contributed by atoms with Crippen LogP contribution in [-0.2, 0) is 0 Å². The quantitative estimate of drug-likeness (QED) is 0.840. The number of aromatic nitrogens is 2. The van der Waals surface area contributed by atoms with Crippen LogP contribution in [0.3, 0.4) is 0 Å². The number of aryl methyl sites for hydroxylation is 1. The number of hydrogen-bond donors (Lipinski definition) is 2. The molecule has 1 aromatic heterocycles. The molecule has 2 N–H and O–H groups in total. The zero-order chi connectivity index (χ0) is 12.3. The van der Waals surface area contributed by atoms with E-state index in [9.17, 15) is 4.79 Å². The molecule has 1 aliphatic rings. The average molecular weight is 235 g/mol. The molecular weight excluding hydrogens is 218 g/mol. The molecule has 17 heavy (non-hydrogen) atoms. The van der Waals surface area contributed by atoms with Crippen molar-refractivity contribution in [2.45, 2.75) is 45.1 Å². The average Bonchev–Trinajstić information content (AvgIpc) is 2.29. The van der Waals surface area contributed by atoms with Gasteiger partial charge in [-0.15, -0.1) is 0 Å². The van der Waals surface area contributed by atoms with Crippen molar-refractivity contribution < 1.29 is 9.90 Å². The van der Waals surface area contributed by atoms with Gasteiger partial charge >= 0.3 is 5.97 Å². The highest BCUT2D eigenvalue weighted by molar-refractivity contribution is 5.85. The highest BCUT2D eigenvalue weighted by Crippen LogP contribution is 2.20. The third kappa shape index (κ3) is 3.15. The predicted molar refractivity (Wildman–Crippen MR) is 64.2 cm³/mol. The minimum atomic E-state index is -1.01. The van der Waals surface area contributed by atoms with Crippen LogP contribution in [-0.4, -0.2) is 27.1 Å². The van der Waals surface area contributed by atoms with E-state index in [1.54, 1.807) is 6.92 Å².